The van der Waals surface area contributed by atoms with E-state index in [9.17, 15) is 9.18 Å². The molecule has 5 nitrogen and oxygen atoms in total. The summed E-state index contributed by atoms with van der Waals surface area (Å²) < 4.78 is 19.2. The Kier molecular flexibility index (Phi) is 2.46. The number of halogens is 2. The van der Waals surface area contributed by atoms with Crippen molar-refractivity contribution >= 4 is 49.6 Å². The monoisotopic (exact) mass is 323 g/mol. The number of nitrogens with zero attached hydrogens (tertiary/aromatic N) is 1. The van der Waals surface area contributed by atoms with Gasteiger partial charge in [0, 0.05) is 9.86 Å². The van der Waals surface area contributed by atoms with Crippen LogP contribution in [-0.4, -0.2) is 10.9 Å². The van der Waals surface area contributed by atoms with E-state index in [1.54, 1.807) is 6.07 Å². The number of nitrogens with two attached hydrogens (primary N) is 2. The zero-order chi connectivity index (χ0) is 13.7. The third-order valence-corrected chi connectivity index (χ3v) is 3.46. The van der Waals surface area contributed by atoms with Gasteiger partial charge in [-0.05, 0) is 34.1 Å². The van der Waals surface area contributed by atoms with Crippen molar-refractivity contribution < 1.29 is 13.6 Å². The lowest BCUT2D eigenvalue weighted by atomic mass is 10.1. The zero-order valence-electron chi connectivity index (χ0n) is 9.41. The quantitative estimate of drug-likeness (QED) is 0.531. The Bertz CT molecular complexity index is 844. The van der Waals surface area contributed by atoms with Crippen LogP contribution in [0.4, 0.5) is 10.1 Å². The lowest BCUT2D eigenvalue weighted by molar-refractivity contribution is 0.100. The Morgan fingerprint density at radius 1 is 1.42 bits per heavy atom. The second-order valence-electron chi connectivity index (χ2n) is 3.97. The topological polar surface area (TPSA) is 95.1 Å². The molecule has 0 bridgehead atoms. The predicted octanol–water partition coefficient (Wildman–Crippen LogP) is 2.56. The Morgan fingerprint density at radius 3 is 2.84 bits per heavy atom. The minimum absolute atomic E-state index is 0.0581. The lowest BCUT2D eigenvalue weighted by Gasteiger charge is -2.04. The maximum atomic E-state index is 13.2. The van der Waals surface area contributed by atoms with E-state index in [4.69, 9.17) is 15.9 Å². The van der Waals surface area contributed by atoms with Gasteiger partial charge in [-0.2, -0.15) is 4.39 Å². The molecule has 3 rings (SSSR count). The highest BCUT2D eigenvalue weighted by atomic mass is 79.9. The standard InChI is InChI=1S/C12H7BrFN3O2/c13-5-3-4-10-6(1-2-7(14)17-10)19-11(4)8(9(5)15)12(16)18/h1-3H,15H2,(H2,16,18). The van der Waals surface area contributed by atoms with Crippen LogP contribution in [0.15, 0.2) is 27.1 Å². The lowest BCUT2D eigenvalue weighted by Crippen LogP contribution is -2.14. The first-order valence-electron chi connectivity index (χ1n) is 5.25. The molecule has 0 saturated heterocycles. The molecule has 0 spiro atoms. The number of anilines is 1. The van der Waals surface area contributed by atoms with Crippen LogP contribution in [0.1, 0.15) is 10.4 Å². The van der Waals surface area contributed by atoms with Gasteiger partial charge in [-0.25, -0.2) is 4.98 Å². The summed E-state index contributed by atoms with van der Waals surface area (Å²) in [4.78, 5) is 15.3. The molecule has 2 aromatic heterocycles. The summed E-state index contributed by atoms with van der Waals surface area (Å²) in [7, 11) is 0. The van der Waals surface area contributed by atoms with Gasteiger partial charge in [0.1, 0.15) is 11.1 Å². The summed E-state index contributed by atoms with van der Waals surface area (Å²) in [5.41, 5.74) is 12.2. The van der Waals surface area contributed by atoms with Crippen molar-refractivity contribution in [1.82, 2.24) is 4.98 Å². The van der Waals surface area contributed by atoms with Gasteiger partial charge < -0.3 is 15.9 Å². The van der Waals surface area contributed by atoms with Gasteiger partial charge >= 0.3 is 0 Å². The first-order chi connectivity index (χ1) is 8.99. The van der Waals surface area contributed by atoms with Crippen LogP contribution in [0.25, 0.3) is 22.1 Å². The molecule has 0 fully saturated rings. The number of amides is 1. The number of carbonyl (C=O) groups excluding carboxylic acids is 1. The van der Waals surface area contributed by atoms with Gasteiger partial charge in [0.05, 0.1) is 5.69 Å². The van der Waals surface area contributed by atoms with Crippen molar-refractivity contribution in [2.45, 2.75) is 0 Å². The second kappa shape index (κ2) is 3.92. The van der Waals surface area contributed by atoms with Crippen LogP contribution in [0.5, 0.6) is 0 Å². The number of hydrogen-bond acceptors (Lipinski definition) is 4. The van der Waals surface area contributed by atoms with E-state index < -0.39 is 11.9 Å². The van der Waals surface area contributed by atoms with E-state index in [-0.39, 0.29) is 16.8 Å². The fourth-order valence-electron chi connectivity index (χ4n) is 1.98. The van der Waals surface area contributed by atoms with Crippen LogP contribution >= 0.6 is 15.9 Å². The molecular weight excluding hydrogens is 317 g/mol. The van der Waals surface area contributed by atoms with Crippen molar-refractivity contribution in [1.29, 1.82) is 0 Å². The SMILES string of the molecule is NC(=O)c1c(N)c(Br)cc2c1oc1ccc(F)nc12. The minimum Gasteiger partial charge on any atom is -0.453 e. The molecule has 0 atom stereocenters. The smallest absolute Gasteiger partial charge is 0.254 e. The summed E-state index contributed by atoms with van der Waals surface area (Å²) in [5.74, 6) is -1.35. The van der Waals surface area contributed by atoms with E-state index in [0.29, 0.717) is 21.0 Å². The minimum atomic E-state index is -0.719. The van der Waals surface area contributed by atoms with Crippen molar-refractivity contribution in [2.24, 2.45) is 5.73 Å². The maximum Gasteiger partial charge on any atom is 0.254 e. The fraction of sp³-hybridized carbons (Fsp3) is 0. The molecule has 0 unspecified atom stereocenters. The zero-order valence-corrected chi connectivity index (χ0v) is 11.0. The number of rotatable bonds is 1. The average Bonchev–Trinajstić information content (AvgIpc) is 2.67. The highest BCUT2D eigenvalue weighted by Crippen LogP contribution is 2.36. The number of benzene rings is 1. The predicted molar refractivity (Wildman–Crippen MR) is 72.1 cm³/mol. The average molecular weight is 324 g/mol. The van der Waals surface area contributed by atoms with Gasteiger partial charge in [0.2, 0.25) is 5.95 Å². The molecule has 1 aromatic carbocycles. The number of furan rings is 1. The molecule has 96 valence electrons. The van der Waals surface area contributed by atoms with Crippen molar-refractivity contribution in [2.75, 3.05) is 5.73 Å². The van der Waals surface area contributed by atoms with Crippen LogP contribution < -0.4 is 11.5 Å². The molecular formula is C12H7BrFN3O2. The molecule has 1 amide bonds. The van der Waals surface area contributed by atoms with Gasteiger partial charge in [-0.1, -0.05) is 0 Å². The molecule has 0 aliphatic rings. The van der Waals surface area contributed by atoms with Crippen LogP contribution in [0.2, 0.25) is 0 Å². The second-order valence-corrected chi connectivity index (χ2v) is 4.83. The summed E-state index contributed by atoms with van der Waals surface area (Å²) in [6.45, 7) is 0. The van der Waals surface area contributed by atoms with Crippen molar-refractivity contribution in [3.05, 3.63) is 34.2 Å². The van der Waals surface area contributed by atoms with Crippen LogP contribution in [-0.2, 0) is 0 Å². The molecule has 0 saturated carbocycles. The summed E-state index contributed by atoms with van der Waals surface area (Å²) in [5, 5.41) is 0.476. The molecule has 19 heavy (non-hydrogen) atoms. The highest BCUT2D eigenvalue weighted by molar-refractivity contribution is 9.10. The Balaban J connectivity index is 2.57. The van der Waals surface area contributed by atoms with Crippen molar-refractivity contribution in [3.8, 4) is 0 Å². The summed E-state index contributed by atoms with van der Waals surface area (Å²) in [6.07, 6.45) is 0. The number of fused-ring (bicyclic) bond motifs is 3. The molecule has 7 heteroatoms. The van der Waals surface area contributed by atoms with Crippen LogP contribution in [0.3, 0.4) is 0 Å². The number of nitrogen functional groups attached to an aromatic ring is 1. The number of hydrogen-bond donors (Lipinski definition) is 2. The summed E-state index contributed by atoms with van der Waals surface area (Å²) in [6, 6.07) is 4.23. The van der Waals surface area contributed by atoms with Gasteiger partial charge in [0.15, 0.2) is 11.2 Å². The van der Waals surface area contributed by atoms with Crippen molar-refractivity contribution in [3.63, 3.8) is 0 Å². The first kappa shape index (κ1) is 11.9. The first-order valence-corrected chi connectivity index (χ1v) is 6.05. The number of carbonyl (C=O) groups is 1. The Labute approximate surface area is 114 Å². The molecule has 0 aliphatic carbocycles. The van der Waals surface area contributed by atoms with E-state index in [1.165, 1.54) is 12.1 Å². The molecule has 2 heterocycles. The number of primary amides is 1. The third-order valence-electron chi connectivity index (χ3n) is 2.81. The number of pyridine rings is 1. The van der Waals surface area contributed by atoms with E-state index in [1.807, 2.05) is 0 Å². The molecule has 0 aliphatic heterocycles. The van der Waals surface area contributed by atoms with Gasteiger partial charge in [-0.3, -0.25) is 4.79 Å². The Morgan fingerprint density at radius 2 is 2.16 bits per heavy atom. The summed E-state index contributed by atoms with van der Waals surface area (Å²) >= 11 is 3.23. The van der Waals surface area contributed by atoms with Gasteiger partial charge in [0.25, 0.3) is 5.91 Å². The molecule has 3 aromatic rings. The Hall–Kier alpha value is -2.15. The van der Waals surface area contributed by atoms with Gasteiger partial charge in [-0.15, -0.1) is 0 Å². The maximum absolute atomic E-state index is 13.2. The van der Waals surface area contributed by atoms with E-state index >= 15 is 0 Å². The number of aromatic nitrogens is 1. The van der Waals surface area contributed by atoms with Crippen LogP contribution in [0, 0.1) is 5.95 Å². The van der Waals surface area contributed by atoms with E-state index in [0.717, 1.165) is 0 Å². The molecule has 0 radical (unpaired) electrons. The highest BCUT2D eigenvalue weighted by Gasteiger charge is 2.20. The largest absolute Gasteiger partial charge is 0.453 e. The normalized spacial score (nSPS) is 11.3. The molecule has 4 N–H and O–H groups in total. The third kappa shape index (κ3) is 1.66. The van der Waals surface area contributed by atoms with E-state index in [2.05, 4.69) is 20.9 Å². The fourth-order valence-corrected chi connectivity index (χ4v) is 2.41.